The summed E-state index contributed by atoms with van der Waals surface area (Å²) in [5.41, 5.74) is 1.35. The summed E-state index contributed by atoms with van der Waals surface area (Å²) in [5, 5.41) is 2.87. The lowest BCUT2D eigenvalue weighted by atomic mass is 10.0. The first-order chi connectivity index (χ1) is 18.1. The molecule has 0 saturated carbocycles. The number of ether oxygens (including phenoxy) is 1. The number of hydrogen-bond acceptors (Lipinski definition) is 7. The van der Waals surface area contributed by atoms with Crippen molar-refractivity contribution < 1.29 is 22.3 Å². The fourth-order valence-corrected chi connectivity index (χ4v) is 5.17. The van der Waals surface area contributed by atoms with E-state index in [2.05, 4.69) is 20.0 Å². The second kappa shape index (κ2) is 10.6. The van der Waals surface area contributed by atoms with Crippen LogP contribution >= 0.6 is 0 Å². The number of hydrogen-bond donors (Lipinski definition) is 2. The van der Waals surface area contributed by atoms with Gasteiger partial charge in [0.1, 0.15) is 16.4 Å². The average molecular weight is 540 g/mol. The van der Waals surface area contributed by atoms with Crippen LogP contribution in [-0.2, 0) is 21.4 Å². The molecule has 10 nitrogen and oxygen atoms in total. The third kappa shape index (κ3) is 5.21. The van der Waals surface area contributed by atoms with Gasteiger partial charge >= 0.3 is 0 Å². The largest absolute Gasteiger partial charge is 0.480 e. The highest BCUT2D eigenvalue weighted by Crippen LogP contribution is 2.31. The molecule has 198 valence electrons. The SMILES string of the molecule is CNC(=O)C(C)Cn1cnc2ccc(-c3cnc(OC)c(NS(=O)(=O)c4cccc(C)c4F)c3)cc2c1=O. The first-order valence-corrected chi connectivity index (χ1v) is 13.1. The summed E-state index contributed by atoms with van der Waals surface area (Å²) in [6.45, 7) is 3.33. The van der Waals surface area contributed by atoms with Crippen molar-refractivity contribution in [1.82, 2.24) is 19.9 Å². The first kappa shape index (κ1) is 26.7. The second-order valence-electron chi connectivity index (χ2n) is 8.72. The lowest BCUT2D eigenvalue weighted by molar-refractivity contribution is -0.124. The van der Waals surface area contributed by atoms with Crippen molar-refractivity contribution in [1.29, 1.82) is 0 Å². The maximum absolute atomic E-state index is 14.6. The summed E-state index contributed by atoms with van der Waals surface area (Å²) < 4.78 is 49.5. The molecule has 12 heteroatoms. The summed E-state index contributed by atoms with van der Waals surface area (Å²) in [5.74, 6) is -1.51. The molecule has 4 aromatic rings. The van der Waals surface area contributed by atoms with E-state index in [1.807, 2.05) is 0 Å². The molecule has 38 heavy (non-hydrogen) atoms. The van der Waals surface area contributed by atoms with Crippen LogP contribution < -0.4 is 20.3 Å². The number of halogens is 1. The number of pyridine rings is 1. The molecule has 0 bridgehead atoms. The Morgan fingerprint density at radius 2 is 1.92 bits per heavy atom. The Labute approximate surface area is 218 Å². The van der Waals surface area contributed by atoms with Crippen LogP contribution in [0.25, 0.3) is 22.0 Å². The fourth-order valence-electron chi connectivity index (χ4n) is 3.97. The van der Waals surface area contributed by atoms with Crippen LogP contribution in [0.5, 0.6) is 5.88 Å². The Morgan fingerprint density at radius 1 is 1.16 bits per heavy atom. The molecule has 1 unspecified atom stereocenters. The summed E-state index contributed by atoms with van der Waals surface area (Å²) in [4.78, 5) is 33.1. The molecular weight excluding hydrogens is 513 g/mol. The number of nitrogens with zero attached hydrogens (tertiary/aromatic N) is 3. The van der Waals surface area contributed by atoms with E-state index in [0.29, 0.717) is 22.0 Å². The number of nitrogens with one attached hydrogen (secondary N) is 2. The van der Waals surface area contributed by atoms with Crippen molar-refractivity contribution in [3.05, 3.63) is 76.7 Å². The number of rotatable bonds is 8. The van der Waals surface area contributed by atoms with Gasteiger partial charge in [-0.3, -0.25) is 18.9 Å². The minimum atomic E-state index is -4.31. The monoisotopic (exact) mass is 539 g/mol. The molecule has 0 fully saturated rings. The molecule has 0 spiro atoms. The predicted molar refractivity (Wildman–Crippen MR) is 141 cm³/mol. The number of aryl methyl sites for hydroxylation is 1. The first-order valence-electron chi connectivity index (χ1n) is 11.6. The molecule has 0 aliphatic carbocycles. The second-order valence-corrected chi connectivity index (χ2v) is 10.4. The smallest absolute Gasteiger partial charge is 0.265 e. The van der Waals surface area contributed by atoms with E-state index < -0.39 is 26.7 Å². The van der Waals surface area contributed by atoms with Gasteiger partial charge in [0.05, 0.1) is 30.3 Å². The molecule has 0 aliphatic rings. The molecule has 0 radical (unpaired) electrons. The number of benzene rings is 2. The standard InChI is InChI=1S/C26H26FN5O5S/c1-15-6-5-7-22(23(15)27)38(35,36)31-21-11-18(12-29-25(21)37-4)17-8-9-20-19(10-17)26(34)32(14-30-20)13-16(2)24(33)28-3/h5-12,14,16,31H,13H2,1-4H3,(H,28,33). The van der Waals surface area contributed by atoms with Gasteiger partial charge in [0.25, 0.3) is 15.6 Å². The Hall–Kier alpha value is -4.32. The van der Waals surface area contributed by atoms with Crippen LogP contribution in [0.1, 0.15) is 12.5 Å². The zero-order valence-corrected chi connectivity index (χ0v) is 22.0. The van der Waals surface area contributed by atoms with E-state index in [1.165, 1.54) is 62.4 Å². The quantitative estimate of drug-likeness (QED) is 0.352. The maximum atomic E-state index is 14.6. The number of methoxy groups -OCH3 is 1. The van der Waals surface area contributed by atoms with Gasteiger partial charge in [-0.05, 0) is 42.3 Å². The zero-order chi connectivity index (χ0) is 27.6. The Kier molecular flexibility index (Phi) is 7.44. The number of aromatic nitrogens is 3. The summed E-state index contributed by atoms with van der Waals surface area (Å²) in [6.07, 6.45) is 2.86. The van der Waals surface area contributed by atoms with Gasteiger partial charge in [0.15, 0.2) is 0 Å². The molecule has 2 aromatic carbocycles. The van der Waals surface area contributed by atoms with Crippen LogP contribution in [0.15, 0.2) is 64.7 Å². The van der Waals surface area contributed by atoms with E-state index in [4.69, 9.17) is 4.74 Å². The molecular formula is C26H26FN5O5S. The van der Waals surface area contributed by atoms with Gasteiger partial charge in [-0.15, -0.1) is 0 Å². The lowest BCUT2D eigenvalue weighted by Crippen LogP contribution is -2.32. The number of carbonyl (C=O) groups excluding carboxylic acids is 1. The molecule has 4 rings (SSSR count). The van der Waals surface area contributed by atoms with Crippen molar-refractivity contribution in [2.24, 2.45) is 5.92 Å². The molecule has 2 N–H and O–H groups in total. The Bertz CT molecular complexity index is 1700. The molecule has 2 heterocycles. The van der Waals surface area contributed by atoms with E-state index in [0.717, 1.165) is 0 Å². The molecule has 0 aliphatic heterocycles. The third-order valence-corrected chi connectivity index (χ3v) is 7.44. The van der Waals surface area contributed by atoms with Gasteiger partial charge in [-0.1, -0.05) is 25.1 Å². The normalized spacial score (nSPS) is 12.2. The van der Waals surface area contributed by atoms with E-state index in [-0.39, 0.29) is 35.1 Å². The molecule has 1 amide bonds. The van der Waals surface area contributed by atoms with Crippen molar-refractivity contribution in [2.45, 2.75) is 25.3 Å². The summed E-state index contributed by atoms with van der Waals surface area (Å²) >= 11 is 0. The predicted octanol–water partition coefficient (Wildman–Crippen LogP) is 3.10. The number of fused-ring (bicyclic) bond motifs is 1. The van der Waals surface area contributed by atoms with E-state index in [9.17, 15) is 22.4 Å². The van der Waals surface area contributed by atoms with Crippen LogP contribution in [0.4, 0.5) is 10.1 Å². The van der Waals surface area contributed by atoms with Gasteiger partial charge < -0.3 is 10.1 Å². The number of carbonyl (C=O) groups is 1. The molecule has 0 saturated heterocycles. The molecule has 1 atom stereocenters. The average Bonchev–Trinajstić information content (AvgIpc) is 2.90. The summed E-state index contributed by atoms with van der Waals surface area (Å²) in [6, 6.07) is 10.6. The van der Waals surface area contributed by atoms with Gasteiger partial charge in [-0.2, -0.15) is 0 Å². The maximum Gasteiger partial charge on any atom is 0.265 e. The highest BCUT2D eigenvalue weighted by molar-refractivity contribution is 7.92. The van der Waals surface area contributed by atoms with Crippen LogP contribution in [0.2, 0.25) is 0 Å². The van der Waals surface area contributed by atoms with Gasteiger partial charge in [0, 0.05) is 25.4 Å². The molecule has 2 aromatic heterocycles. The number of sulfonamides is 1. The zero-order valence-electron chi connectivity index (χ0n) is 21.1. The van der Waals surface area contributed by atoms with Crippen LogP contribution in [0.3, 0.4) is 0 Å². The number of amides is 1. The lowest BCUT2D eigenvalue weighted by Gasteiger charge is -2.14. The minimum Gasteiger partial charge on any atom is -0.480 e. The van der Waals surface area contributed by atoms with Gasteiger partial charge in [-0.25, -0.2) is 22.8 Å². The highest BCUT2D eigenvalue weighted by Gasteiger charge is 2.23. The van der Waals surface area contributed by atoms with E-state index in [1.54, 1.807) is 25.1 Å². The van der Waals surface area contributed by atoms with Crippen LogP contribution in [-0.4, -0.2) is 43.0 Å². The fraction of sp³-hybridized carbons (Fsp3) is 0.231. The minimum absolute atomic E-state index is 0.00555. The Morgan fingerprint density at radius 3 is 2.63 bits per heavy atom. The topological polar surface area (TPSA) is 132 Å². The highest BCUT2D eigenvalue weighted by atomic mass is 32.2. The van der Waals surface area contributed by atoms with Gasteiger partial charge in [0.2, 0.25) is 11.8 Å². The van der Waals surface area contributed by atoms with Crippen molar-refractivity contribution >= 4 is 32.5 Å². The van der Waals surface area contributed by atoms with E-state index >= 15 is 0 Å². The van der Waals surface area contributed by atoms with Crippen molar-refractivity contribution in [3.63, 3.8) is 0 Å². The van der Waals surface area contributed by atoms with Crippen molar-refractivity contribution in [3.8, 4) is 17.0 Å². The third-order valence-electron chi connectivity index (χ3n) is 6.06. The van der Waals surface area contributed by atoms with Crippen molar-refractivity contribution in [2.75, 3.05) is 18.9 Å². The van der Waals surface area contributed by atoms with Crippen LogP contribution in [0, 0.1) is 18.7 Å². The summed E-state index contributed by atoms with van der Waals surface area (Å²) in [7, 11) is -1.45. The Balaban J connectivity index is 1.74. The number of anilines is 1.